The number of nitrogens with zero attached hydrogens (tertiary/aromatic N) is 3. The lowest BCUT2D eigenvalue weighted by molar-refractivity contribution is 0.311. The van der Waals surface area contributed by atoms with E-state index >= 15 is 0 Å². The number of sulfonamides is 1. The largest absolute Gasteiger partial charge is 0.374 e. The minimum absolute atomic E-state index is 0.0735. The van der Waals surface area contributed by atoms with Gasteiger partial charge in [-0.15, -0.1) is 10.2 Å². The van der Waals surface area contributed by atoms with Gasteiger partial charge in [0.2, 0.25) is 9.47 Å². The third-order valence-electron chi connectivity index (χ3n) is 2.83. The smallest absolute Gasteiger partial charge is 0.269 e. The Labute approximate surface area is 104 Å². The fraction of sp³-hybridized carbons (Fsp3) is 0.750. The number of anilines is 1. The van der Waals surface area contributed by atoms with Crippen LogP contribution in [0.15, 0.2) is 4.34 Å². The van der Waals surface area contributed by atoms with Crippen molar-refractivity contribution in [1.29, 1.82) is 0 Å². The second-order valence-corrected chi connectivity index (χ2v) is 6.98. The molecule has 1 fully saturated rings. The molecular weight excluding hydrogens is 262 g/mol. The number of likely N-dealkylation sites (N-methyl/N-ethyl adjacent to an activating group) is 1. The van der Waals surface area contributed by atoms with Crippen LogP contribution >= 0.6 is 11.3 Å². The molecule has 9 heteroatoms. The maximum atomic E-state index is 11.8. The van der Waals surface area contributed by atoms with Crippen molar-refractivity contribution in [3.8, 4) is 0 Å². The summed E-state index contributed by atoms with van der Waals surface area (Å²) in [7, 11) is -1.57. The zero-order valence-corrected chi connectivity index (χ0v) is 11.1. The van der Waals surface area contributed by atoms with Crippen LogP contribution in [0.5, 0.6) is 0 Å². The summed E-state index contributed by atoms with van der Waals surface area (Å²) in [5.41, 5.74) is 5.36. The van der Waals surface area contributed by atoms with Crippen molar-refractivity contribution in [3.05, 3.63) is 0 Å². The average molecular weight is 277 g/mol. The summed E-state index contributed by atoms with van der Waals surface area (Å²) in [6, 6.07) is 0.259. The molecule has 1 saturated heterocycles. The van der Waals surface area contributed by atoms with Crippen LogP contribution < -0.4 is 10.5 Å². The number of nitrogens with one attached hydrogen (secondary N) is 1. The summed E-state index contributed by atoms with van der Waals surface area (Å²) >= 11 is 0.869. The molecule has 2 rings (SSSR count). The van der Waals surface area contributed by atoms with Crippen LogP contribution in [0.4, 0.5) is 5.13 Å². The Morgan fingerprint density at radius 2 is 2.35 bits per heavy atom. The Hall–Kier alpha value is -0.770. The topological polar surface area (TPSA) is 101 Å². The number of nitrogens with two attached hydrogens (primary N) is 1. The predicted molar refractivity (Wildman–Crippen MR) is 65.2 cm³/mol. The van der Waals surface area contributed by atoms with Crippen LogP contribution in [0.2, 0.25) is 0 Å². The van der Waals surface area contributed by atoms with Gasteiger partial charge in [-0.3, -0.25) is 0 Å². The van der Waals surface area contributed by atoms with Gasteiger partial charge in [-0.25, -0.2) is 13.1 Å². The highest BCUT2D eigenvalue weighted by Gasteiger charge is 2.25. The van der Waals surface area contributed by atoms with E-state index in [4.69, 9.17) is 5.73 Å². The molecule has 0 radical (unpaired) electrons. The Balaban J connectivity index is 1.98. The van der Waals surface area contributed by atoms with Gasteiger partial charge in [0.15, 0.2) is 0 Å². The highest BCUT2D eigenvalue weighted by atomic mass is 32.2. The number of aromatic nitrogens is 2. The van der Waals surface area contributed by atoms with Crippen LogP contribution in [0.1, 0.15) is 12.8 Å². The highest BCUT2D eigenvalue weighted by Crippen LogP contribution is 2.18. The van der Waals surface area contributed by atoms with Crippen molar-refractivity contribution >= 4 is 26.5 Å². The molecule has 1 atom stereocenters. The molecule has 0 spiro atoms. The van der Waals surface area contributed by atoms with Gasteiger partial charge in [0.25, 0.3) is 10.0 Å². The molecule has 1 aromatic rings. The van der Waals surface area contributed by atoms with E-state index in [9.17, 15) is 8.42 Å². The molecule has 0 amide bonds. The predicted octanol–water partition coefficient (Wildman–Crippen LogP) is -0.507. The van der Waals surface area contributed by atoms with Crippen molar-refractivity contribution in [2.75, 3.05) is 25.9 Å². The van der Waals surface area contributed by atoms with Crippen LogP contribution in [-0.2, 0) is 10.0 Å². The third kappa shape index (κ3) is 2.92. The van der Waals surface area contributed by atoms with E-state index in [0.29, 0.717) is 6.54 Å². The number of nitrogen functional groups attached to an aromatic ring is 1. The molecule has 2 heterocycles. The Bertz CT molecular complexity index is 486. The van der Waals surface area contributed by atoms with E-state index in [1.807, 2.05) is 7.05 Å². The van der Waals surface area contributed by atoms with Gasteiger partial charge in [-0.1, -0.05) is 11.3 Å². The van der Waals surface area contributed by atoms with Crippen molar-refractivity contribution in [3.63, 3.8) is 0 Å². The Kier molecular flexibility index (Phi) is 3.61. The molecule has 1 aliphatic heterocycles. The van der Waals surface area contributed by atoms with Crippen LogP contribution in [0, 0.1) is 0 Å². The maximum absolute atomic E-state index is 11.8. The van der Waals surface area contributed by atoms with E-state index < -0.39 is 10.0 Å². The van der Waals surface area contributed by atoms with Gasteiger partial charge >= 0.3 is 0 Å². The Morgan fingerprint density at radius 3 is 2.88 bits per heavy atom. The molecule has 96 valence electrons. The summed E-state index contributed by atoms with van der Waals surface area (Å²) in [6.07, 6.45) is 2.12. The van der Waals surface area contributed by atoms with Gasteiger partial charge < -0.3 is 10.6 Å². The van der Waals surface area contributed by atoms with E-state index in [1.165, 1.54) is 0 Å². The van der Waals surface area contributed by atoms with Crippen LogP contribution in [0.25, 0.3) is 0 Å². The molecular formula is C8H15N5O2S2. The first-order valence-corrected chi connectivity index (χ1v) is 7.58. The van der Waals surface area contributed by atoms with Crippen molar-refractivity contribution in [1.82, 2.24) is 19.8 Å². The molecule has 1 unspecified atom stereocenters. The van der Waals surface area contributed by atoms with E-state index in [-0.39, 0.29) is 15.5 Å². The average Bonchev–Trinajstić information content (AvgIpc) is 2.85. The second kappa shape index (κ2) is 4.84. The number of rotatable bonds is 4. The molecule has 3 N–H and O–H groups in total. The van der Waals surface area contributed by atoms with Gasteiger partial charge in [-0.2, -0.15) is 0 Å². The zero-order valence-electron chi connectivity index (χ0n) is 9.46. The quantitative estimate of drug-likeness (QED) is 0.769. The summed E-state index contributed by atoms with van der Waals surface area (Å²) in [5.74, 6) is 0. The van der Waals surface area contributed by atoms with Gasteiger partial charge in [-0.05, 0) is 26.4 Å². The molecule has 1 aliphatic rings. The zero-order chi connectivity index (χ0) is 12.5. The SMILES string of the molecule is CN1CCCC1CNS(=O)(=O)c1nnc(N)s1. The van der Waals surface area contributed by atoms with E-state index in [0.717, 1.165) is 30.7 Å². The molecule has 0 bridgehead atoms. The van der Waals surface area contributed by atoms with Crippen LogP contribution in [0.3, 0.4) is 0 Å². The normalized spacial score (nSPS) is 22.1. The van der Waals surface area contributed by atoms with E-state index in [1.54, 1.807) is 0 Å². The minimum Gasteiger partial charge on any atom is -0.374 e. The highest BCUT2D eigenvalue weighted by molar-refractivity contribution is 7.91. The molecule has 17 heavy (non-hydrogen) atoms. The van der Waals surface area contributed by atoms with Crippen molar-refractivity contribution < 1.29 is 8.42 Å². The molecule has 0 aliphatic carbocycles. The lowest BCUT2D eigenvalue weighted by atomic mass is 10.2. The van der Waals surface area contributed by atoms with Gasteiger partial charge in [0, 0.05) is 12.6 Å². The Morgan fingerprint density at radius 1 is 1.59 bits per heavy atom. The lowest BCUT2D eigenvalue weighted by Gasteiger charge is -2.18. The summed E-state index contributed by atoms with van der Waals surface area (Å²) in [6.45, 7) is 1.41. The molecule has 1 aromatic heterocycles. The maximum Gasteiger partial charge on any atom is 0.269 e. The van der Waals surface area contributed by atoms with Gasteiger partial charge in [0.05, 0.1) is 0 Å². The van der Waals surface area contributed by atoms with Crippen LogP contribution in [-0.4, -0.2) is 49.7 Å². The van der Waals surface area contributed by atoms with E-state index in [2.05, 4.69) is 19.8 Å². The third-order valence-corrected chi connectivity index (χ3v) is 5.38. The van der Waals surface area contributed by atoms with Crippen molar-refractivity contribution in [2.45, 2.75) is 23.2 Å². The molecule has 0 aromatic carbocycles. The monoisotopic (exact) mass is 277 g/mol. The number of hydrogen-bond acceptors (Lipinski definition) is 7. The van der Waals surface area contributed by atoms with Gasteiger partial charge in [0.1, 0.15) is 0 Å². The number of hydrogen-bond donors (Lipinski definition) is 2. The second-order valence-electron chi connectivity index (χ2n) is 4.03. The summed E-state index contributed by atoms with van der Waals surface area (Å²) in [5, 5.41) is 7.18. The number of likely N-dealkylation sites (tertiary alicyclic amines) is 1. The molecule has 7 nitrogen and oxygen atoms in total. The fourth-order valence-electron chi connectivity index (χ4n) is 1.83. The first kappa shape index (κ1) is 12.7. The summed E-state index contributed by atoms with van der Waals surface area (Å²) < 4.78 is 26.1. The standard InChI is InChI=1S/C8H15N5O2S2/c1-13-4-2-3-6(13)5-10-17(14,15)8-12-11-7(9)16-8/h6,10H,2-5H2,1H3,(H2,9,11). The first-order chi connectivity index (χ1) is 7.99. The minimum atomic E-state index is -3.56. The summed E-state index contributed by atoms with van der Waals surface area (Å²) in [4.78, 5) is 2.15. The fourth-order valence-corrected chi connectivity index (χ4v) is 3.73. The lowest BCUT2D eigenvalue weighted by Crippen LogP contribution is -2.38. The first-order valence-electron chi connectivity index (χ1n) is 5.28. The van der Waals surface area contributed by atoms with Crippen molar-refractivity contribution in [2.24, 2.45) is 0 Å². The molecule has 0 saturated carbocycles.